The van der Waals surface area contributed by atoms with Gasteiger partial charge in [0, 0.05) is 29.9 Å². The van der Waals surface area contributed by atoms with Gasteiger partial charge in [-0.05, 0) is 31.4 Å². The number of halogens is 1. The van der Waals surface area contributed by atoms with Gasteiger partial charge in [-0.1, -0.05) is 23.7 Å². The van der Waals surface area contributed by atoms with Gasteiger partial charge >= 0.3 is 0 Å². The Morgan fingerprint density at radius 1 is 1.15 bits per heavy atom. The summed E-state index contributed by atoms with van der Waals surface area (Å²) in [4.78, 5) is 9.35. The van der Waals surface area contributed by atoms with Crippen LogP contribution in [0.5, 0.6) is 0 Å². The van der Waals surface area contributed by atoms with E-state index in [0.29, 0.717) is 16.7 Å². The van der Waals surface area contributed by atoms with Crippen LogP contribution in [-0.4, -0.2) is 37.0 Å². The third kappa shape index (κ3) is 3.57. The SMILES string of the molecule is Cn1cc(-c2nc(N[C@@H]3CCC[C@@H]3O)cc(-c3ccc(Cl)cc3)n2)cn1. The fourth-order valence-electron chi connectivity index (χ4n) is 3.25. The number of aliphatic hydroxyl groups is 1. The minimum atomic E-state index is -0.342. The summed E-state index contributed by atoms with van der Waals surface area (Å²) >= 11 is 6.01. The van der Waals surface area contributed by atoms with Crippen LogP contribution in [0.15, 0.2) is 42.7 Å². The third-order valence-corrected chi connectivity index (χ3v) is 4.89. The summed E-state index contributed by atoms with van der Waals surface area (Å²) in [6.45, 7) is 0. The maximum Gasteiger partial charge on any atom is 0.165 e. The number of benzene rings is 1. The van der Waals surface area contributed by atoms with Crippen molar-refractivity contribution in [2.75, 3.05) is 5.32 Å². The van der Waals surface area contributed by atoms with Gasteiger partial charge in [0.15, 0.2) is 5.82 Å². The fraction of sp³-hybridized carbons (Fsp3) is 0.316. The van der Waals surface area contributed by atoms with Crippen LogP contribution < -0.4 is 5.32 Å². The highest BCUT2D eigenvalue weighted by Gasteiger charge is 2.25. The van der Waals surface area contributed by atoms with Crippen LogP contribution in [0.25, 0.3) is 22.6 Å². The smallest absolute Gasteiger partial charge is 0.165 e. The predicted molar refractivity (Wildman–Crippen MR) is 102 cm³/mol. The Morgan fingerprint density at radius 3 is 2.62 bits per heavy atom. The van der Waals surface area contributed by atoms with E-state index in [1.165, 1.54) is 0 Å². The number of aromatic nitrogens is 4. The van der Waals surface area contributed by atoms with Crippen molar-refractivity contribution in [3.05, 3.63) is 47.7 Å². The number of hydrogen-bond acceptors (Lipinski definition) is 5. The normalized spacial score (nSPS) is 19.7. The lowest BCUT2D eigenvalue weighted by atomic mass is 10.1. The summed E-state index contributed by atoms with van der Waals surface area (Å²) < 4.78 is 1.72. The van der Waals surface area contributed by atoms with E-state index in [0.717, 1.165) is 36.1 Å². The zero-order valence-corrected chi connectivity index (χ0v) is 15.2. The molecule has 0 amide bonds. The molecule has 2 N–H and O–H groups in total. The lowest BCUT2D eigenvalue weighted by Gasteiger charge is -2.18. The summed E-state index contributed by atoms with van der Waals surface area (Å²) in [7, 11) is 1.86. The van der Waals surface area contributed by atoms with E-state index >= 15 is 0 Å². The number of aliphatic hydroxyl groups excluding tert-OH is 1. The minimum Gasteiger partial charge on any atom is -0.391 e. The van der Waals surface area contributed by atoms with Crippen molar-refractivity contribution in [3.8, 4) is 22.6 Å². The van der Waals surface area contributed by atoms with Gasteiger partial charge in [0.25, 0.3) is 0 Å². The average Bonchev–Trinajstić information content (AvgIpc) is 3.24. The Hall–Kier alpha value is -2.44. The van der Waals surface area contributed by atoms with Gasteiger partial charge in [0.05, 0.1) is 29.6 Å². The van der Waals surface area contributed by atoms with Gasteiger partial charge in [-0.25, -0.2) is 9.97 Å². The first-order valence-electron chi connectivity index (χ1n) is 8.67. The molecular formula is C19H20ClN5O. The minimum absolute atomic E-state index is 0.0183. The molecule has 1 aliphatic carbocycles. The second kappa shape index (κ2) is 7.05. The van der Waals surface area contributed by atoms with Crippen molar-refractivity contribution in [1.29, 1.82) is 0 Å². The van der Waals surface area contributed by atoms with Crippen LogP contribution in [0.1, 0.15) is 19.3 Å². The van der Waals surface area contributed by atoms with Gasteiger partial charge in [0.1, 0.15) is 5.82 Å². The molecule has 6 nitrogen and oxygen atoms in total. The number of anilines is 1. The summed E-state index contributed by atoms with van der Waals surface area (Å²) in [5, 5.41) is 18.4. The molecule has 4 rings (SSSR count). The third-order valence-electron chi connectivity index (χ3n) is 4.64. The monoisotopic (exact) mass is 369 g/mol. The van der Waals surface area contributed by atoms with Crippen LogP contribution >= 0.6 is 11.6 Å². The van der Waals surface area contributed by atoms with Crippen LogP contribution in [-0.2, 0) is 7.05 Å². The molecule has 1 saturated carbocycles. The quantitative estimate of drug-likeness (QED) is 0.735. The highest BCUT2D eigenvalue weighted by atomic mass is 35.5. The highest BCUT2D eigenvalue weighted by Crippen LogP contribution is 2.28. The van der Waals surface area contributed by atoms with Crippen LogP contribution in [0, 0.1) is 0 Å². The zero-order chi connectivity index (χ0) is 18.1. The zero-order valence-electron chi connectivity index (χ0n) is 14.4. The summed E-state index contributed by atoms with van der Waals surface area (Å²) in [5.41, 5.74) is 2.60. The highest BCUT2D eigenvalue weighted by molar-refractivity contribution is 6.30. The Morgan fingerprint density at radius 2 is 1.96 bits per heavy atom. The van der Waals surface area contributed by atoms with Crippen molar-refractivity contribution >= 4 is 17.4 Å². The topological polar surface area (TPSA) is 75.9 Å². The number of nitrogens with zero attached hydrogens (tertiary/aromatic N) is 4. The predicted octanol–water partition coefficient (Wildman–Crippen LogP) is 3.52. The number of aryl methyl sites for hydroxylation is 1. The van der Waals surface area contributed by atoms with Gasteiger partial charge in [-0.15, -0.1) is 0 Å². The Labute approximate surface area is 156 Å². The van der Waals surface area contributed by atoms with Gasteiger partial charge in [0.2, 0.25) is 0 Å². The molecule has 2 atom stereocenters. The Kier molecular flexibility index (Phi) is 4.61. The second-order valence-corrected chi connectivity index (χ2v) is 7.06. The molecule has 0 unspecified atom stereocenters. The van der Waals surface area contributed by atoms with E-state index in [9.17, 15) is 5.11 Å². The van der Waals surface area contributed by atoms with Crippen LogP contribution in [0.3, 0.4) is 0 Å². The van der Waals surface area contributed by atoms with Crippen LogP contribution in [0.4, 0.5) is 5.82 Å². The molecule has 0 spiro atoms. The molecule has 26 heavy (non-hydrogen) atoms. The molecular weight excluding hydrogens is 350 g/mol. The average molecular weight is 370 g/mol. The number of hydrogen-bond donors (Lipinski definition) is 2. The fourth-order valence-corrected chi connectivity index (χ4v) is 3.38. The summed E-state index contributed by atoms with van der Waals surface area (Å²) in [5.74, 6) is 1.30. The van der Waals surface area contributed by atoms with Crippen molar-refractivity contribution in [1.82, 2.24) is 19.7 Å². The van der Waals surface area contributed by atoms with E-state index in [1.54, 1.807) is 10.9 Å². The molecule has 1 aromatic carbocycles. The van der Waals surface area contributed by atoms with Crippen molar-refractivity contribution in [3.63, 3.8) is 0 Å². The molecule has 0 bridgehead atoms. The summed E-state index contributed by atoms with van der Waals surface area (Å²) in [6, 6.07) is 9.49. The van der Waals surface area contributed by atoms with E-state index in [1.807, 2.05) is 43.6 Å². The molecule has 1 fully saturated rings. The van der Waals surface area contributed by atoms with Gasteiger partial charge in [-0.2, -0.15) is 5.10 Å². The lowest BCUT2D eigenvalue weighted by molar-refractivity contribution is 0.171. The first kappa shape index (κ1) is 17.0. The Balaban J connectivity index is 1.74. The van der Waals surface area contributed by atoms with Crippen molar-refractivity contribution in [2.24, 2.45) is 7.05 Å². The first-order valence-corrected chi connectivity index (χ1v) is 9.05. The van der Waals surface area contributed by atoms with E-state index in [-0.39, 0.29) is 12.1 Å². The molecule has 1 aliphatic rings. The van der Waals surface area contributed by atoms with E-state index < -0.39 is 0 Å². The molecule has 3 aromatic rings. The first-order chi connectivity index (χ1) is 12.6. The van der Waals surface area contributed by atoms with Gasteiger partial charge < -0.3 is 10.4 Å². The standard InChI is InChI=1S/C19H20ClN5O/c1-25-11-13(10-21-25)19-23-16(12-5-7-14(20)8-6-12)9-18(24-19)22-15-3-2-4-17(15)26/h5-11,15,17,26H,2-4H2,1H3,(H,22,23,24)/t15-,17+/m1/s1. The van der Waals surface area contributed by atoms with E-state index in [2.05, 4.69) is 15.4 Å². The largest absolute Gasteiger partial charge is 0.391 e. The molecule has 0 aliphatic heterocycles. The maximum absolute atomic E-state index is 10.1. The van der Waals surface area contributed by atoms with Crippen molar-refractivity contribution in [2.45, 2.75) is 31.4 Å². The molecule has 0 saturated heterocycles. The van der Waals surface area contributed by atoms with Crippen LogP contribution in [0.2, 0.25) is 5.02 Å². The second-order valence-electron chi connectivity index (χ2n) is 6.62. The summed E-state index contributed by atoms with van der Waals surface area (Å²) in [6.07, 6.45) is 6.06. The van der Waals surface area contributed by atoms with Crippen molar-refractivity contribution < 1.29 is 5.11 Å². The Bertz CT molecular complexity index is 909. The lowest BCUT2D eigenvalue weighted by Crippen LogP contribution is -2.28. The molecule has 0 radical (unpaired) electrons. The molecule has 134 valence electrons. The van der Waals surface area contributed by atoms with E-state index in [4.69, 9.17) is 16.6 Å². The number of nitrogens with one attached hydrogen (secondary N) is 1. The molecule has 2 aromatic heterocycles. The van der Waals surface area contributed by atoms with Gasteiger partial charge in [-0.3, -0.25) is 4.68 Å². The molecule has 2 heterocycles. The molecule has 7 heteroatoms. The number of rotatable bonds is 4. The maximum atomic E-state index is 10.1.